The summed E-state index contributed by atoms with van der Waals surface area (Å²) >= 11 is 0. The minimum atomic E-state index is -1.18. The number of piperidine rings is 1. The zero-order chi connectivity index (χ0) is 27.4. The third-order valence-corrected chi connectivity index (χ3v) is 6.83. The van der Waals surface area contributed by atoms with E-state index in [0.717, 1.165) is 22.8 Å². The maximum absolute atomic E-state index is 14.0. The van der Waals surface area contributed by atoms with E-state index in [2.05, 4.69) is 10.6 Å². The summed E-state index contributed by atoms with van der Waals surface area (Å²) in [5, 5.41) is 5.29. The van der Waals surface area contributed by atoms with Crippen molar-refractivity contribution in [1.29, 1.82) is 0 Å². The molecule has 3 aromatic carbocycles. The molecule has 4 rings (SSSR count). The van der Waals surface area contributed by atoms with Gasteiger partial charge in [-0.25, -0.2) is 4.39 Å². The van der Waals surface area contributed by atoms with Gasteiger partial charge in [-0.3, -0.25) is 14.4 Å². The Morgan fingerprint density at radius 3 is 2.08 bits per heavy atom. The Hall–Kier alpha value is -4.27. The summed E-state index contributed by atoms with van der Waals surface area (Å²) < 4.78 is 32.5. The van der Waals surface area contributed by atoms with Crippen molar-refractivity contribution in [2.75, 3.05) is 30.8 Å². The van der Waals surface area contributed by atoms with Gasteiger partial charge >= 0.3 is 11.8 Å². The Labute approximate surface area is 219 Å². The zero-order valence-corrected chi connectivity index (χ0v) is 21.4. The number of benzene rings is 3. The second kappa shape index (κ2) is 11.4. The van der Waals surface area contributed by atoms with Crippen LogP contribution >= 0.6 is 0 Å². The summed E-state index contributed by atoms with van der Waals surface area (Å²) in [4.78, 5) is 39.3. The number of aryl methyl sites for hydroxylation is 2. The number of para-hydroxylation sites is 1. The van der Waals surface area contributed by atoms with Crippen LogP contribution in [0.5, 0.6) is 5.75 Å². The molecule has 7 nitrogen and oxygen atoms in total. The van der Waals surface area contributed by atoms with Crippen LogP contribution in [0.15, 0.2) is 54.6 Å². The van der Waals surface area contributed by atoms with E-state index in [9.17, 15) is 23.2 Å². The number of carbonyl (C=O) groups is 3. The highest BCUT2D eigenvalue weighted by atomic mass is 19.2. The molecule has 1 aliphatic rings. The van der Waals surface area contributed by atoms with E-state index in [-0.39, 0.29) is 11.5 Å². The Kier molecular flexibility index (Phi) is 8.05. The quantitative estimate of drug-likeness (QED) is 0.453. The maximum Gasteiger partial charge on any atom is 0.314 e. The number of likely N-dealkylation sites (tertiary alicyclic amines) is 1. The van der Waals surface area contributed by atoms with Crippen molar-refractivity contribution in [3.05, 3.63) is 88.5 Å². The molecule has 3 aromatic rings. The van der Waals surface area contributed by atoms with Crippen molar-refractivity contribution in [2.45, 2.75) is 32.6 Å². The van der Waals surface area contributed by atoms with Crippen LogP contribution in [0.1, 0.15) is 45.8 Å². The Bertz CT molecular complexity index is 1350. The molecule has 0 radical (unpaired) electrons. The van der Waals surface area contributed by atoms with Crippen LogP contribution in [0.25, 0.3) is 0 Å². The molecule has 1 saturated heterocycles. The van der Waals surface area contributed by atoms with Gasteiger partial charge in [0.2, 0.25) is 5.82 Å². The van der Waals surface area contributed by atoms with E-state index in [0.29, 0.717) is 37.3 Å². The van der Waals surface area contributed by atoms with Gasteiger partial charge < -0.3 is 20.3 Å². The number of hydrogen-bond acceptors (Lipinski definition) is 4. The minimum Gasteiger partial charge on any atom is -0.493 e. The number of rotatable bonds is 5. The highest BCUT2D eigenvalue weighted by Gasteiger charge is 2.28. The molecule has 0 spiro atoms. The molecule has 0 unspecified atom stereocenters. The molecule has 1 aliphatic heterocycles. The fraction of sp³-hybridized carbons (Fsp3) is 0.276. The number of halogens is 2. The molecule has 198 valence electrons. The summed E-state index contributed by atoms with van der Waals surface area (Å²) in [5.74, 6) is -4.38. The van der Waals surface area contributed by atoms with Crippen molar-refractivity contribution >= 4 is 29.1 Å². The summed E-state index contributed by atoms with van der Waals surface area (Å²) in [5.41, 5.74) is 3.88. The highest BCUT2D eigenvalue weighted by Crippen LogP contribution is 2.32. The number of methoxy groups -OCH3 is 1. The number of carbonyl (C=O) groups excluding carboxylic acids is 3. The summed E-state index contributed by atoms with van der Waals surface area (Å²) in [6.07, 6.45) is 1.36. The average Bonchev–Trinajstić information content (AvgIpc) is 2.92. The number of amides is 3. The van der Waals surface area contributed by atoms with Gasteiger partial charge in [0, 0.05) is 24.5 Å². The lowest BCUT2D eigenvalue weighted by molar-refractivity contribution is -0.133. The molecule has 0 aliphatic carbocycles. The van der Waals surface area contributed by atoms with Crippen molar-refractivity contribution in [3.8, 4) is 5.75 Å². The molecule has 0 bridgehead atoms. The molecule has 3 amide bonds. The largest absolute Gasteiger partial charge is 0.493 e. The first-order valence-corrected chi connectivity index (χ1v) is 12.3. The van der Waals surface area contributed by atoms with E-state index in [1.807, 2.05) is 44.2 Å². The van der Waals surface area contributed by atoms with Crippen LogP contribution < -0.4 is 15.4 Å². The SMILES string of the molecule is COc1c(C(=O)N2CCC(c3ccc(NC(=O)C(=O)Nc4c(C)cccc4C)cc3)CC2)ccc(F)c1F. The number of nitrogens with zero attached hydrogens (tertiary/aromatic N) is 1. The Morgan fingerprint density at radius 1 is 0.868 bits per heavy atom. The first-order chi connectivity index (χ1) is 18.2. The fourth-order valence-electron chi connectivity index (χ4n) is 4.69. The van der Waals surface area contributed by atoms with Gasteiger partial charge in [-0.05, 0) is 73.6 Å². The van der Waals surface area contributed by atoms with E-state index < -0.39 is 35.1 Å². The Balaban J connectivity index is 1.33. The van der Waals surface area contributed by atoms with Gasteiger partial charge in [0.25, 0.3) is 5.91 Å². The van der Waals surface area contributed by atoms with Crippen LogP contribution in [-0.2, 0) is 9.59 Å². The molecule has 0 atom stereocenters. The smallest absolute Gasteiger partial charge is 0.314 e. The van der Waals surface area contributed by atoms with Gasteiger partial charge in [-0.15, -0.1) is 0 Å². The maximum atomic E-state index is 14.0. The molecule has 38 heavy (non-hydrogen) atoms. The van der Waals surface area contributed by atoms with Crippen molar-refractivity contribution in [3.63, 3.8) is 0 Å². The first-order valence-electron chi connectivity index (χ1n) is 12.3. The topological polar surface area (TPSA) is 87.7 Å². The van der Waals surface area contributed by atoms with Crippen LogP contribution in [-0.4, -0.2) is 42.8 Å². The molecule has 1 heterocycles. The van der Waals surface area contributed by atoms with Gasteiger partial charge in [-0.2, -0.15) is 4.39 Å². The summed E-state index contributed by atoms with van der Waals surface area (Å²) in [7, 11) is 1.20. The molecule has 0 saturated carbocycles. The number of ether oxygens (including phenoxy) is 1. The normalized spacial score (nSPS) is 13.7. The van der Waals surface area contributed by atoms with E-state index in [4.69, 9.17) is 4.74 Å². The highest BCUT2D eigenvalue weighted by molar-refractivity contribution is 6.43. The van der Waals surface area contributed by atoms with Crippen molar-refractivity contribution in [1.82, 2.24) is 4.90 Å². The lowest BCUT2D eigenvalue weighted by Crippen LogP contribution is -2.38. The fourth-order valence-corrected chi connectivity index (χ4v) is 4.69. The molecule has 2 N–H and O–H groups in total. The van der Waals surface area contributed by atoms with Gasteiger partial charge in [0.05, 0.1) is 12.7 Å². The van der Waals surface area contributed by atoms with Crippen LogP contribution in [0, 0.1) is 25.5 Å². The number of nitrogens with one attached hydrogen (secondary N) is 2. The van der Waals surface area contributed by atoms with Crippen LogP contribution in [0.3, 0.4) is 0 Å². The van der Waals surface area contributed by atoms with Crippen LogP contribution in [0.2, 0.25) is 0 Å². The second-order valence-corrected chi connectivity index (χ2v) is 9.31. The van der Waals surface area contributed by atoms with Gasteiger partial charge in [-0.1, -0.05) is 30.3 Å². The zero-order valence-electron chi connectivity index (χ0n) is 21.4. The second-order valence-electron chi connectivity index (χ2n) is 9.31. The Morgan fingerprint density at radius 2 is 1.47 bits per heavy atom. The predicted molar refractivity (Wildman–Crippen MR) is 140 cm³/mol. The van der Waals surface area contributed by atoms with Gasteiger partial charge in [0.1, 0.15) is 0 Å². The van der Waals surface area contributed by atoms with Gasteiger partial charge in [0.15, 0.2) is 11.6 Å². The lowest BCUT2D eigenvalue weighted by atomic mass is 9.89. The third kappa shape index (κ3) is 5.66. The summed E-state index contributed by atoms with van der Waals surface area (Å²) in [6.45, 7) is 4.61. The van der Waals surface area contributed by atoms with Crippen molar-refractivity contribution in [2.24, 2.45) is 0 Å². The lowest BCUT2D eigenvalue weighted by Gasteiger charge is -2.32. The molecule has 0 aromatic heterocycles. The van der Waals surface area contributed by atoms with E-state index >= 15 is 0 Å². The first kappa shape index (κ1) is 26.8. The van der Waals surface area contributed by atoms with E-state index in [1.54, 1.807) is 17.0 Å². The van der Waals surface area contributed by atoms with E-state index in [1.165, 1.54) is 13.2 Å². The molecular formula is C29H29F2N3O4. The molecule has 1 fully saturated rings. The predicted octanol–water partition coefficient (Wildman–Crippen LogP) is 5.19. The van der Waals surface area contributed by atoms with Crippen molar-refractivity contribution < 1.29 is 27.9 Å². The molecule has 9 heteroatoms. The average molecular weight is 522 g/mol. The summed E-state index contributed by atoms with van der Waals surface area (Å²) in [6, 6.07) is 15.0. The number of anilines is 2. The standard InChI is InChI=1S/C29H29F2N3O4/c1-17-5-4-6-18(2)25(17)33-28(36)27(35)32-21-9-7-19(8-10-21)20-13-15-34(16-14-20)29(37)22-11-12-23(30)24(31)26(22)38-3/h4-12,20H,13-16H2,1-3H3,(H,32,35)(H,33,36). The number of hydrogen-bond donors (Lipinski definition) is 2. The molecular weight excluding hydrogens is 492 g/mol. The van der Waals surface area contributed by atoms with Crippen LogP contribution in [0.4, 0.5) is 20.2 Å². The minimum absolute atomic E-state index is 0.00781. The monoisotopic (exact) mass is 521 g/mol. The third-order valence-electron chi connectivity index (χ3n) is 6.83.